The third-order valence-electron chi connectivity index (χ3n) is 2.71. The standard InChI is InChI=1S/C16H15NO/c1-2-11-17-12-9-15(10-13-17)4-3-14-5-7-16(18)8-6-14/h2-10,12-13H,1,11H2/p+1. The number of ketones is 1. The first kappa shape index (κ1) is 12.3. The Kier molecular flexibility index (Phi) is 4.05. The minimum absolute atomic E-state index is 0.0425. The molecule has 0 spiro atoms. The zero-order valence-electron chi connectivity index (χ0n) is 10.2. The van der Waals surface area contributed by atoms with Gasteiger partial charge in [0.1, 0.15) is 6.54 Å². The van der Waals surface area contributed by atoms with Crippen LogP contribution in [0.4, 0.5) is 0 Å². The zero-order chi connectivity index (χ0) is 12.8. The molecule has 0 aromatic heterocycles. The number of nitrogens with one attached hydrogen (secondary N) is 1. The predicted octanol–water partition coefficient (Wildman–Crippen LogP) is 1.65. The van der Waals surface area contributed by atoms with Gasteiger partial charge in [0, 0.05) is 0 Å². The Morgan fingerprint density at radius 1 is 0.944 bits per heavy atom. The maximum atomic E-state index is 11.0. The van der Waals surface area contributed by atoms with Gasteiger partial charge >= 0.3 is 0 Å². The number of quaternary nitrogens is 1. The van der Waals surface area contributed by atoms with Gasteiger partial charge in [-0.05, 0) is 41.5 Å². The molecule has 0 atom stereocenters. The van der Waals surface area contributed by atoms with Gasteiger partial charge in [0.2, 0.25) is 0 Å². The molecule has 2 aliphatic rings. The van der Waals surface area contributed by atoms with Crippen LogP contribution < -0.4 is 4.90 Å². The van der Waals surface area contributed by atoms with Crippen molar-refractivity contribution in [2.45, 2.75) is 0 Å². The molecule has 0 unspecified atom stereocenters. The van der Waals surface area contributed by atoms with Crippen molar-refractivity contribution >= 4 is 5.78 Å². The molecule has 1 aliphatic heterocycles. The highest BCUT2D eigenvalue weighted by molar-refractivity contribution is 6.01. The summed E-state index contributed by atoms with van der Waals surface area (Å²) in [4.78, 5) is 12.2. The van der Waals surface area contributed by atoms with Crippen molar-refractivity contribution in [2.75, 3.05) is 6.54 Å². The van der Waals surface area contributed by atoms with Crippen LogP contribution in [-0.2, 0) is 4.79 Å². The van der Waals surface area contributed by atoms with Crippen molar-refractivity contribution in [1.29, 1.82) is 0 Å². The van der Waals surface area contributed by atoms with Gasteiger partial charge in [0.25, 0.3) is 0 Å². The SMILES string of the molecule is C=CC[NH+]1C=CC(=CC=C2C=CC(=O)C=C2)C=C1. The molecular formula is C16H16NO+. The van der Waals surface area contributed by atoms with Crippen molar-refractivity contribution in [3.63, 3.8) is 0 Å². The Morgan fingerprint density at radius 2 is 1.50 bits per heavy atom. The minimum atomic E-state index is 0.0425. The van der Waals surface area contributed by atoms with Gasteiger partial charge in [-0.25, -0.2) is 0 Å². The second-order valence-electron chi connectivity index (χ2n) is 4.14. The molecule has 18 heavy (non-hydrogen) atoms. The molecule has 2 heteroatoms. The Morgan fingerprint density at radius 3 is 2.06 bits per heavy atom. The van der Waals surface area contributed by atoms with Gasteiger partial charge in [-0.15, -0.1) is 0 Å². The van der Waals surface area contributed by atoms with E-state index in [4.69, 9.17) is 0 Å². The molecule has 0 aromatic rings. The van der Waals surface area contributed by atoms with Crippen molar-refractivity contribution in [2.24, 2.45) is 0 Å². The second kappa shape index (κ2) is 5.94. The molecule has 0 aromatic carbocycles. The molecule has 0 radical (unpaired) electrons. The monoisotopic (exact) mass is 238 g/mol. The van der Waals surface area contributed by atoms with E-state index in [-0.39, 0.29) is 5.78 Å². The van der Waals surface area contributed by atoms with Gasteiger partial charge in [-0.2, -0.15) is 0 Å². The molecule has 2 nitrogen and oxygen atoms in total. The fourth-order valence-electron chi connectivity index (χ4n) is 1.70. The summed E-state index contributed by atoms with van der Waals surface area (Å²) in [5.41, 5.74) is 2.18. The average molecular weight is 238 g/mol. The van der Waals surface area contributed by atoms with Gasteiger partial charge in [-0.3, -0.25) is 9.69 Å². The van der Waals surface area contributed by atoms with Crippen LogP contribution in [-0.4, -0.2) is 12.3 Å². The largest absolute Gasteiger partial charge is 0.290 e. The van der Waals surface area contributed by atoms with Crippen molar-refractivity contribution in [3.05, 3.63) is 84.8 Å². The molecule has 0 saturated heterocycles. The lowest BCUT2D eigenvalue weighted by Crippen LogP contribution is -3.02. The zero-order valence-corrected chi connectivity index (χ0v) is 10.2. The van der Waals surface area contributed by atoms with Gasteiger partial charge in [-0.1, -0.05) is 30.9 Å². The lowest BCUT2D eigenvalue weighted by Gasteiger charge is -2.09. The summed E-state index contributed by atoms with van der Waals surface area (Å²) in [6.07, 6.45) is 21.1. The second-order valence-corrected chi connectivity index (χ2v) is 4.14. The van der Waals surface area contributed by atoms with E-state index in [1.807, 2.05) is 30.4 Å². The van der Waals surface area contributed by atoms with Crippen molar-refractivity contribution < 1.29 is 9.69 Å². The third-order valence-corrected chi connectivity index (χ3v) is 2.71. The Labute approximate surface area is 107 Å². The van der Waals surface area contributed by atoms with Crippen LogP contribution in [0, 0.1) is 0 Å². The molecule has 0 saturated carbocycles. The van der Waals surface area contributed by atoms with Crippen LogP contribution in [0.3, 0.4) is 0 Å². The first-order valence-electron chi connectivity index (χ1n) is 5.93. The van der Waals surface area contributed by atoms with Crippen molar-refractivity contribution in [3.8, 4) is 0 Å². The van der Waals surface area contributed by atoms with Crippen LogP contribution >= 0.6 is 0 Å². The predicted molar refractivity (Wildman–Crippen MR) is 73.8 cm³/mol. The van der Waals surface area contributed by atoms with Gasteiger partial charge in [0.05, 0.1) is 12.4 Å². The third kappa shape index (κ3) is 3.40. The Bertz CT molecular complexity index is 493. The molecule has 0 amide bonds. The van der Waals surface area contributed by atoms with Crippen LogP contribution in [0.25, 0.3) is 0 Å². The van der Waals surface area contributed by atoms with E-state index >= 15 is 0 Å². The lowest BCUT2D eigenvalue weighted by atomic mass is 10.1. The van der Waals surface area contributed by atoms with E-state index in [2.05, 4.69) is 31.1 Å². The maximum absolute atomic E-state index is 11.0. The molecule has 1 N–H and O–H groups in total. The number of allylic oxidation sites excluding steroid dienone is 10. The molecule has 90 valence electrons. The number of carbonyl (C=O) groups excluding carboxylic acids is 1. The van der Waals surface area contributed by atoms with E-state index in [1.165, 1.54) is 4.90 Å². The van der Waals surface area contributed by atoms with E-state index < -0.39 is 0 Å². The fourth-order valence-corrected chi connectivity index (χ4v) is 1.70. The molecule has 0 fully saturated rings. The fraction of sp³-hybridized carbons (Fsp3) is 0.0625. The summed E-state index contributed by atoms with van der Waals surface area (Å²) in [6, 6.07) is 0. The van der Waals surface area contributed by atoms with E-state index in [1.54, 1.807) is 12.2 Å². The first-order chi connectivity index (χ1) is 8.78. The van der Waals surface area contributed by atoms with E-state index in [0.717, 1.165) is 17.7 Å². The molecule has 1 heterocycles. The Hall–Kier alpha value is -2.19. The molecule has 0 bridgehead atoms. The average Bonchev–Trinajstić information content (AvgIpc) is 2.40. The maximum Gasteiger partial charge on any atom is 0.178 e. The number of rotatable bonds is 3. The first-order valence-corrected chi connectivity index (χ1v) is 5.93. The lowest BCUT2D eigenvalue weighted by molar-refractivity contribution is -0.783. The number of carbonyl (C=O) groups is 1. The molecular weight excluding hydrogens is 222 g/mol. The molecule has 2 rings (SSSR count). The summed E-state index contributed by atoms with van der Waals surface area (Å²) < 4.78 is 0. The smallest absolute Gasteiger partial charge is 0.178 e. The van der Waals surface area contributed by atoms with Crippen LogP contribution in [0.15, 0.2) is 84.8 Å². The quantitative estimate of drug-likeness (QED) is 0.742. The highest BCUT2D eigenvalue weighted by Crippen LogP contribution is 2.08. The Balaban J connectivity index is 2.02. The highest BCUT2D eigenvalue weighted by atomic mass is 16.1. The van der Waals surface area contributed by atoms with Crippen LogP contribution in [0.2, 0.25) is 0 Å². The summed E-state index contributed by atoms with van der Waals surface area (Å²) >= 11 is 0. The topological polar surface area (TPSA) is 21.5 Å². The highest BCUT2D eigenvalue weighted by Gasteiger charge is 2.02. The van der Waals surface area contributed by atoms with Crippen LogP contribution in [0.5, 0.6) is 0 Å². The summed E-state index contributed by atoms with van der Waals surface area (Å²) in [5.74, 6) is 0.0425. The normalized spacial score (nSPS) is 21.3. The van der Waals surface area contributed by atoms with E-state index in [9.17, 15) is 4.79 Å². The van der Waals surface area contributed by atoms with E-state index in [0.29, 0.717) is 0 Å². The number of hydrogen-bond acceptors (Lipinski definition) is 1. The minimum Gasteiger partial charge on any atom is -0.290 e. The van der Waals surface area contributed by atoms with Crippen molar-refractivity contribution in [1.82, 2.24) is 0 Å². The van der Waals surface area contributed by atoms with Gasteiger partial charge < -0.3 is 0 Å². The van der Waals surface area contributed by atoms with Gasteiger partial charge in [0.15, 0.2) is 5.78 Å². The summed E-state index contributed by atoms with van der Waals surface area (Å²) in [6.45, 7) is 4.62. The van der Waals surface area contributed by atoms with Crippen LogP contribution in [0.1, 0.15) is 0 Å². The number of hydrogen-bond donors (Lipinski definition) is 1. The summed E-state index contributed by atoms with van der Waals surface area (Å²) in [7, 11) is 0. The summed E-state index contributed by atoms with van der Waals surface area (Å²) in [5, 5.41) is 0. The molecule has 1 aliphatic carbocycles.